The third-order valence-corrected chi connectivity index (χ3v) is 2.68. The van der Waals surface area contributed by atoms with Gasteiger partial charge in [-0.15, -0.1) is 0 Å². The Morgan fingerprint density at radius 2 is 1.62 bits per heavy atom. The summed E-state index contributed by atoms with van der Waals surface area (Å²) in [6.45, 7) is 0. The van der Waals surface area contributed by atoms with Gasteiger partial charge in [-0.1, -0.05) is 29.4 Å². The van der Waals surface area contributed by atoms with Crippen LogP contribution in [0, 0.1) is 5.82 Å². The molecule has 108 valence electrons. The van der Waals surface area contributed by atoms with Gasteiger partial charge in [-0.2, -0.15) is 0 Å². The molecule has 21 heavy (non-hydrogen) atoms. The van der Waals surface area contributed by atoms with Gasteiger partial charge in [0, 0.05) is 5.56 Å². The van der Waals surface area contributed by atoms with Gasteiger partial charge >= 0.3 is 6.03 Å². The second-order valence-corrected chi connectivity index (χ2v) is 4.09. The molecule has 0 aliphatic heterocycles. The number of carbonyl (C=O) groups excluding carboxylic acids is 1. The highest BCUT2D eigenvalue weighted by atomic mass is 19.1. The molecular weight excluding hydrogens is 275 g/mol. The summed E-state index contributed by atoms with van der Waals surface area (Å²) in [6.07, 6.45) is 0. The molecule has 0 fully saturated rings. The highest BCUT2D eigenvalue weighted by Gasteiger charge is 2.10. The lowest BCUT2D eigenvalue weighted by Gasteiger charge is -2.11. The summed E-state index contributed by atoms with van der Waals surface area (Å²) < 4.78 is 13.4. The Hall–Kier alpha value is -3.09. The minimum Gasteiger partial charge on any atom is -0.409 e. The molecule has 0 saturated heterocycles. The molecule has 0 aromatic heterocycles. The SMILES string of the molecule is N/C(=N/O)c1ccccc1NC(=O)Nc1ccccc1F. The molecule has 2 aromatic carbocycles. The molecule has 2 amide bonds. The van der Waals surface area contributed by atoms with E-state index in [4.69, 9.17) is 10.9 Å². The molecule has 5 N–H and O–H groups in total. The summed E-state index contributed by atoms with van der Waals surface area (Å²) >= 11 is 0. The summed E-state index contributed by atoms with van der Waals surface area (Å²) in [7, 11) is 0. The van der Waals surface area contributed by atoms with E-state index in [1.54, 1.807) is 30.3 Å². The van der Waals surface area contributed by atoms with Gasteiger partial charge < -0.3 is 21.6 Å². The number of hydrogen-bond donors (Lipinski definition) is 4. The van der Waals surface area contributed by atoms with Crippen molar-refractivity contribution < 1.29 is 14.4 Å². The van der Waals surface area contributed by atoms with Crippen LogP contribution in [0.2, 0.25) is 0 Å². The van der Waals surface area contributed by atoms with Gasteiger partial charge in [0.1, 0.15) is 5.82 Å². The smallest absolute Gasteiger partial charge is 0.323 e. The molecule has 0 heterocycles. The molecule has 2 rings (SSSR count). The Morgan fingerprint density at radius 1 is 1.05 bits per heavy atom. The minimum atomic E-state index is -0.640. The van der Waals surface area contributed by atoms with E-state index in [2.05, 4.69) is 15.8 Å². The molecule has 2 aromatic rings. The van der Waals surface area contributed by atoms with Gasteiger partial charge in [-0.05, 0) is 24.3 Å². The molecule has 0 unspecified atom stereocenters. The van der Waals surface area contributed by atoms with Crippen molar-refractivity contribution in [1.82, 2.24) is 0 Å². The summed E-state index contributed by atoms with van der Waals surface area (Å²) in [6, 6.07) is 11.7. The molecular formula is C14H13FN4O2. The fraction of sp³-hybridized carbons (Fsp3) is 0. The van der Waals surface area contributed by atoms with Gasteiger partial charge in [0.15, 0.2) is 5.84 Å². The van der Waals surface area contributed by atoms with Crippen LogP contribution in [0.15, 0.2) is 53.7 Å². The van der Waals surface area contributed by atoms with Gasteiger partial charge in [0.25, 0.3) is 0 Å². The molecule has 0 aliphatic rings. The Kier molecular flexibility index (Phi) is 4.35. The second kappa shape index (κ2) is 6.38. The van der Waals surface area contributed by atoms with Crippen molar-refractivity contribution in [2.75, 3.05) is 10.6 Å². The van der Waals surface area contributed by atoms with E-state index in [0.717, 1.165) is 0 Å². The highest BCUT2D eigenvalue weighted by molar-refractivity contribution is 6.07. The van der Waals surface area contributed by atoms with Crippen molar-refractivity contribution in [1.29, 1.82) is 0 Å². The number of hydrogen-bond acceptors (Lipinski definition) is 3. The van der Waals surface area contributed by atoms with E-state index in [1.807, 2.05) is 0 Å². The first-order valence-electron chi connectivity index (χ1n) is 6.01. The average Bonchev–Trinajstić information content (AvgIpc) is 2.49. The number of anilines is 2. The van der Waals surface area contributed by atoms with E-state index in [1.165, 1.54) is 18.2 Å². The first-order chi connectivity index (χ1) is 10.1. The standard InChI is InChI=1S/C14H13FN4O2/c15-10-6-2-4-8-12(10)18-14(20)17-11-7-3-1-5-9(11)13(16)19-21/h1-8,21H,(H2,16,19)(H2,17,18,20). The van der Waals surface area contributed by atoms with Crippen LogP contribution in [0.5, 0.6) is 0 Å². The first-order valence-corrected chi connectivity index (χ1v) is 6.01. The number of carbonyl (C=O) groups is 1. The number of nitrogens with one attached hydrogen (secondary N) is 2. The molecule has 0 radical (unpaired) electrons. The maximum Gasteiger partial charge on any atom is 0.323 e. The molecule has 0 aliphatic carbocycles. The predicted molar refractivity (Wildman–Crippen MR) is 78.0 cm³/mol. The molecule has 6 nitrogen and oxygen atoms in total. The fourth-order valence-electron chi connectivity index (χ4n) is 1.71. The highest BCUT2D eigenvalue weighted by Crippen LogP contribution is 2.16. The monoisotopic (exact) mass is 288 g/mol. The van der Waals surface area contributed by atoms with Gasteiger partial charge in [0.2, 0.25) is 0 Å². The number of halogens is 1. The molecule has 7 heteroatoms. The van der Waals surface area contributed by atoms with E-state index in [9.17, 15) is 9.18 Å². The van der Waals surface area contributed by atoms with Crippen LogP contribution in [-0.4, -0.2) is 17.1 Å². The van der Waals surface area contributed by atoms with Crippen molar-refractivity contribution in [3.63, 3.8) is 0 Å². The molecule has 0 saturated carbocycles. The fourth-order valence-corrected chi connectivity index (χ4v) is 1.71. The number of amides is 2. The quantitative estimate of drug-likeness (QED) is 0.302. The lowest BCUT2D eigenvalue weighted by atomic mass is 10.1. The normalized spacial score (nSPS) is 11.0. The Labute approximate surface area is 120 Å². The number of oxime groups is 1. The Balaban J connectivity index is 2.16. The summed E-state index contributed by atoms with van der Waals surface area (Å²) in [5.41, 5.74) is 6.25. The van der Waals surface area contributed by atoms with Crippen LogP contribution < -0.4 is 16.4 Å². The number of rotatable bonds is 3. The van der Waals surface area contributed by atoms with E-state index in [0.29, 0.717) is 11.3 Å². The van der Waals surface area contributed by atoms with E-state index < -0.39 is 11.8 Å². The number of nitrogens with two attached hydrogens (primary N) is 1. The lowest BCUT2D eigenvalue weighted by Crippen LogP contribution is -2.23. The van der Waals surface area contributed by atoms with Crippen LogP contribution in [0.3, 0.4) is 0 Å². The molecule has 0 spiro atoms. The molecule has 0 atom stereocenters. The topological polar surface area (TPSA) is 99.7 Å². The zero-order chi connectivity index (χ0) is 15.2. The van der Waals surface area contributed by atoms with E-state index >= 15 is 0 Å². The Bertz CT molecular complexity index is 688. The maximum atomic E-state index is 13.4. The average molecular weight is 288 g/mol. The lowest BCUT2D eigenvalue weighted by molar-refractivity contribution is 0.262. The van der Waals surface area contributed by atoms with Crippen molar-refractivity contribution in [2.45, 2.75) is 0 Å². The van der Waals surface area contributed by atoms with Crippen LogP contribution in [0.1, 0.15) is 5.56 Å². The minimum absolute atomic E-state index is 0.0521. The van der Waals surface area contributed by atoms with Crippen LogP contribution in [0.4, 0.5) is 20.6 Å². The van der Waals surface area contributed by atoms with Gasteiger partial charge in [-0.3, -0.25) is 0 Å². The number of para-hydroxylation sites is 2. The molecule has 0 bridgehead atoms. The van der Waals surface area contributed by atoms with Crippen LogP contribution in [0.25, 0.3) is 0 Å². The van der Waals surface area contributed by atoms with E-state index in [-0.39, 0.29) is 11.5 Å². The zero-order valence-corrected chi connectivity index (χ0v) is 10.9. The Morgan fingerprint density at radius 3 is 2.29 bits per heavy atom. The second-order valence-electron chi connectivity index (χ2n) is 4.09. The third kappa shape index (κ3) is 3.47. The number of amidine groups is 1. The van der Waals surface area contributed by atoms with Crippen molar-refractivity contribution in [3.05, 3.63) is 59.9 Å². The number of urea groups is 1. The first kappa shape index (κ1) is 14.3. The van der Waals surface area contributed by atoms with Crippen LogP contribution >= 0.6 is 0 Å². The predicted octanol–water partition coefficient (Wildman–Crippen LogP) is 2.56. The number of nitrogens with zero attached hydrogens (tertiary/aromatic N) is 1. The van der Waals surface area contributed by atoms with Crippen molar-refractivity contribution in [3.8, 4) is 0 Å². The van der Waals surface area contributed by atoms with Gasteiger partial charge in [0.05, 0.1) is 11.4 Å². The maximum absolute atomic E-state index is 13.4. The third-order valence-electron chi connectivity index (χ3n) is 2.68. The summed E-state index contributed by atoms with van der Waals surface area (Å²) in [5, 5.41) is 16.5. The number of benzene rings is 2. The largest absolute Gasteiger partial charge is 0.409 e. The summed E-state index contributed by atoms with van der Waals surface area (Å²) in [4.78, 5) is 11.9. The summed E-state index contributed by atoms with van der Waals surface area (Å²) in [5.74, 6) is -0.686. The van der Waals surface area contributed by atoms with Gasteiger partial charge in [-0.25, -0.2) is 9.18 Å². The van der Waals surface area contributed by atoms with Crippen molar-refractivity contribution >= 4 is 23.2 Å². The zero-order valence-electron chi connectivity index (χ0n) is 10.9. The van der Waals surface area contributed by atoms with Crippen molar-refractivity contribution in [2.24, 2.45) is 10.9 Å². The van der Waals surface area contributed by atoms with Crippen LogP contribution in [-0.2, 0) is 0 Å².